The van der Waals surface area contributed by atoms with E-state index in [1.807, 2.05) is 0 Å². The smallest absolute Gasteiger partial charge is 0.412 e. The van der Waals surface area contributed by atoms with Crippen molar-refractivity contribution < 1.29 is 47.3 Å². The predicted molar refractivity (Wildman–Crippen MR) is 32.4 cm³/mol. The molecule has 0 unspecified atom stereocenters. The van der Waals surface area contributed by atoms with Gasteiger partial charge in [0.25, 0.3) is 0 Å². The summed E-state index contributed by atoms with van der Waals surface area (Å²) in [7, 11) is -1.42. The molecule has 0 rings (SSSR count). The topological polar surface area (TPSA) is 255 Å². The molecule has 0 aromatic rings. The van der Waals surface area contributed by atoms with Crippen LogP contribution in [0.3, 0.4) is 0 Å². The van der Waals surface area contributed by atoms with E-state index in [9.17, 15) is 0 Å². The molecular weight excluding hydrogens is 172 g/mol. The van der Waals surface area contributed by atoms with Gasteiger partial charge >= 0.3 is 9.29 Å². The van der Waals surface area contributed by atoms with Crippen molar-refractivity contribution in [2.45, 2.75) is 0 Å². The maximum absolute atomic E-state index is 8.40. The minimum atomic E-state index is -1.42. The van der Waals surface area contributed by atoms with Crippen molar-refractivity contribution in [2.75, 3.05) is 0 Å². The van der Waals surface area contributed by atoms with Gasteiger partial charge in [0.1, 0.15) is 0 Å². The molecule has 0 atom stereocenters. The van der Waals surface area contributed by atoms with E-state index in [4.69, 9.17) is 8.92 Å². The standard InChI is InChI=1S/O2Si.7H2O/c1-3-2;;;;;;;/h;7*1H2. The van der Waals surface area contributed by atoms with E-state index in [1.165, 1.54) is 0 Å². The molecule has 0 spiro atoms. The summed E-state index contributed by atoms with van der Waals surface area (Å²) in [5, 5.41) is 0. The van der Waals surface area contributed by atoms with E-state index in [1.54, 1.807) is 0 Å². The van der Waals surface area contributed by atoms with Gasteiger partial charge in [-0.15, -0.1) is 0 Å². The molecule has 0 saturated carbocycles. The van der Waals surface area contributed by atoms with E-state index in [0.29, 0.717) is 0 Å². The molecule has 0 amide bonds. The van der Waals surface area contributed by atoms with Gasteiger partial charge in [-0.2, -0.15) is 0 Å². The van der Waals surface area contributed by atoms with Crippen molar-refractivity contribution in [1.29, 1.82) is 0 Å². The van der Waals surface area contributed by atoms with Crippen LogP contribution < -0.4 is 0 Å². The van der Waals surface area contributed by atoms with Crippen LogP contribution in [-0.2, 0) is 8.92 Å². The average Bonchev–Trinajstić information content (AvgIpc) is 0.918. The molecular formula is H14O9Si. The molecule has 0 radical (unpaired) electrons. The van der Waals surface area contributed by atoms with Crippen LogP contribution in [0.25, 0.3) is 0 Å². The zero-order valence-corrected chi connectivity index (χ0v) is 5.82. The molecule has 0 aromatic heterocycles. The first-order valence-corrected chi connectivity index (χ1v) is 1.22. The maximum Gasteiger partial charge on any atom is 0.549 e. The second-order valence-electron chi connectivity index (χ2n) is 0.0833. The maximum atomic E-state index is 8.40. The van der Waals surface area contributed by atoms with Crippen molar-refractivity contribution in [3.8, 4) is 0 Å². The van der Waals surface area contributed by atoms with Gasteiger partial charge in [0, 0.05) is 0 Å². The Hall–Kier alpha value is -0.463. The summed E-state index contributed by atoms with van der Waals surface area (Å²) in [4.78, 5) is 0. The third kappa shape index (κ3) is 1500. The third-order valence-corrected chi connectivity index (χ3v) is 0. The first kappa shape index (κ1) is 294. The highest BCUT2D eigenvalue weighted by molar-refractivity contribution is 5.94. The minimum absolute atomic E-state index is 0. The van der Waals surface area contributed by atoms with Crippen molar-refractivity contribution in [2.24, 2.45) is 0 Å². The van der Waals surface area contributed by atoms with Gasteiger partial charge in [-0.05, 0) is 0 Å². The van der Waals surface area contributed by atoms with Crippen molar-refractivity contribution in [3.05, 3.63) is 0 Å². The molecule has 10 heavy (non-hydrogen) atoms. The average molecular weight is 186 g/mol. The zero-order chi connectivity index (χ0) is 2.71. The van der Waals surface area contributed by atoms with E-state index in [0.717, 1.165) is 0 Å². The zero-order valence-electron chi connectivity index (χ0n) is 4.82. The first-order valence-electron chi connectivity index (χ1n) is 0.408. The molecule has 0 aromatic carbocycles. The molecule has 0 saturated heterocycles. The highest BCUT2D eigenvalue weighted by Gasteiger charge is 1.22. The van der Waals surface area contributed by atoms with E-state index >= 15 is 0 Å². The molecule has 10 heteroatoms. The Kier molecular flexibility index (Phi) is 49500. The summed E-state index contributed by atoms with van der Waals surface area (Å²) >= 11 is 0. The Bertz CT molecular complexity index is 25.7. The molecule has 0 aliphatic carbocycles. The lowest BCUT2D eigenvalue weighted by atomic mass is 15.9. The Morgan fingerprint density at radius 3 is 0.500 bits per heavy atom. The van der Waals surface area contributed by atoms with Gasteiger partial charge in [-0.1, -0.05) is 0 Å². The minimum Gasteiger partial charge on any atom is -0.412 e. The Morgan fingerprint density at radius 2 is 0.500 bits per heavy atom. The van der Waals surface area contributed by atoms with Gasteiger partial charge in [-0.25, -0.2) is 0 Å². The summed E-state index contributed by atoms with van der Waals surface area (Å²) < 4.78 is 16.8. The number of rotatable bonds is 0. The fraction of sp³-hybridized carbons (Fsp3) is 0. The quantitative estimate of drug-likeness (QED) is 0.334. The molecule has 72 valence electrons. The lowest BCUT2D eigenvalue weighted by molar-refractivity contribution is 0.497. The van der Waals surface area contributed by atoms with Crippen LogP contribution in [0.4, 0.5) is 0 Å². The Balaban J connectivity index is -0.000000000952. The Morgan fingerprint density at radius 1 is 0.500 bits per heavy atom. The molecule has 0 heterocycles. The van der Waals surface area contributed by atoms with Crippen molar-refractivity contribution in [3.63, 3.8) is 0 Å². The third-order valence-electron chi connectivity index (χ3n) is 0. The monoisotopic (exact) mass is 186 g/mol. The normalized spacial score (nSPS) is 0.800. The van der Waals surface area contributed by atoms with Crippen molar-refractivity contribution >= 4 is 9.29 Å². The van der Waals surface area contributed by atoms with Crippen LogP contribution in [0.15, 0.2) is 0 Å². The fourth-order valence-corrected chi connectivity index (χ4v) is 0. The molecule has 9 nitrogen and oxygen atoms in total. The van der Waals surface area contributed by atoms with Gasteiger partial charge in [-0.3, -0.25) is 8.92 Å². The summed E-state index contributed by atoms with van der Waals surface area (Å²) in [5.74, 6) is 0. The Labute approximate surface area is 57.8 Å². The van der Waals surface area contributed by atoms with E-state index < -0.39 is 9.29 Å². The van der Waals surface area contributed by atoms with Crippen LogP contribution in [0.5, 0.6) is 0 Å². The number of hydrogen-bond acceptors (Lipinski definition) is 2. The van der Waals surface area contributed by atoms with Gasteiger partial charge in [0.15, 0.2) is 0 Å². The molecule has 0 bridgehead atoms. The fourth-order valence-electron chi connectivity index (χ4n) is 0. The highest BCUT2D eigenvalue weighted by atomic mass is 28.2. The predicted octanol–water partition coefficient (Wildman–Crippen LogP) is -6.39. The van der Waals surface area contributed by atoms with Crippen molar-refractivity contribution in [1.82, 2.24) is 0 Å². The lowest BCUT2D eigenvalue weighted by Crippen LogP contribution is -1.26. The van der Waals surface area contributed by atoms with Crippen LogP contribution in [-0.4, -0.2) is 47.6 Å². The summed E-state index contributed by atoms with van der Waals surface area (Å²) in [5.41, 5.74) is 0. The lowest BCUT2D eigenvalue weighted by Gasteiger charge is -0.944. The van der Waals surface area contributed by atoms with Crippen LogP contribution in [0.1, 0.15) is 0 Å². The number of hydrogen-bond donors (Lipinski definition) is 0. The largest absolute Gasteiger partial charge is 0.549 e. The van der Waals surface area contributed by atoms with Crippen LogP contribution >= 0.6 is 0 Å². The van der Waals surface area contributed by atoms with Crippen LogP contribution in [0, 0.1) is 0 Å². The summed E-state index contributed by atoms with van der Waals surface area (Å²) in [6.45, 7) is 0. The summed E-state index contributed by atoms with van der Waals surface area (Å²) in [6.07, 6.45) is 0. The van der Waals surface area contributed by atoms with E-state index in [2.05, 4.69) is 0 Å². The molecule has 0 aliphatic heterocycles. The van der Waals surface area contributed by atoms with E-state index in [-0.39, 0.29) is 38.3 Å². The van der Waals surface area contributed by atoms with Gasteiger partial charge in [0.05, 0.1) is 0 Å². The first-order chi connectivity index (χ1) is 1.41. The second kappa shape index (κ2) is 1680. The highest BCUT2D eigenvalue weighted by Crippen LogP contribution is 0.759. The molecule has 0 fully saturated rings. The molecule has 14 N–H and O–H groups in total. The SMILES string of the molecule is O.O.O.O.O.O.O.O=[Si]=O. The summed E-state index contributed by atoms with van der Waals surface area (Å²) in [6, 6.07) is 0. The van der Waals surface area contributed by atoms with Crippen LogP contribution in [0.2, 0.25) is 0 Å². The van der Waals surface area contributed by atoms with Gasteiger partial charge in [0.2, 0.25) is 0 Å². The van der Waals surface area contributed by atoms with Gasteiger partial charge < -0.3 is 38.3 Å². The molecule has 0 aliphatic rings. The second-order valence-corrected chi connectivity index (χ2v) is 0.250.